The standard InChI is InChI=1S/C14H13N5S/c1-10-5-16-12(8-15-10)9-19-14-17-6-11(7-18-14)13-3-2-4-20-13/h2-8H,9H2,1H3,(H,17,18,19). The maximum absolute atomic E-state index is 4.30. The third-order valence-corrected chi connectivity index (χ3v) is 3.64. The van der Waals surface area contributed by atoms with E-state index in [4.69, 9.17) is 0 Å². The molecule has 0 aromatic carbocycles. The van der Waals surface area contributed by atoms with Crippen molar-refractivity contribution in [3.63, 3.8) is 0 Å². The van der Waals surface area contributed by atoms with Gasteiger partial charge in [0, 0.05) is 29.0 Å². The molecule has 6 heteroatoms. The second kappa shape index (κ2) is 5.75. The molecule has 0 spiro atoms. The molecule has 3 aromatic heterocycles. The van der Waals surface area contributed by atoms with Gasteiger partial charge in [-0.15, -0.1) is 11.3 Å². The molecule has 0 fully saturated rings. The van der Waals surface area contributed by atoms with Gasteiger partial charge in [0.1, 0.15) is 0 Å². The van der Waals surface area contributed by atoms with Crippen molar-refractivity contribution in [1.29, 1.82) is 0 Å². The number of rotatable bonds is 4. The fourth-order valence-corrected chi connectivity index (χ4v) is 2.37. The predicted molar refractivity (Wildman–Crippen MR) is 79.4 cm³/mol. The molecule has 5 nitrogen and oxygen atoms in total. The van der Waals surface area contributed by atoms with Crippen molar-refractivity contribution in [1.82, 2.24) is 19.9 Å². The predicted octanol–water partition coefficient (Wildman–Crippen LogP) is 2.92. The Labute approximate surface area is 120 Å². The Kier molecular flexibility index (Phi) is 3.64. The van der Waals surface area contributed by atoms with Crippen LogP contribution in [0.25, 0.3) is 10.4 Å². The van der Waals surface area contributed by atoms with Crippen molar-refractivity contribution in [3.05, 3.63) is 53.7 Å². The van der Waals surface area contributed by atoms with Crippen LogP contribution in [0, 0.1) is 6.92 Å². The Morgan fingerprint density at radius 2 is 1.90 bits per heavy atom. The first-order valence-electron chi connectivity index (χ1n) is 6.18. The molecular weight excluding hydrogens is 270 g/mol. The number of nitrogens with zero attached hydrogens (tertiary/aromatic N) is 4. The van der Waals surface area contributed by atoms with E-state index >= 15 is 0 Å². The van der Waals surface area contributed by atoms with Gasteiger partial charge < -0.3 is 5.32 Å². The van der Waals surface area contributed by atoms with Crippen molar-refractivity contribution in [3.8, 4) is 10.4 Å². The Morgan fingerprint density at radius 3 is 2.55 bits per heavy atom. The van der Waals surface area contributed by atoms with Gasteiger partial charge in [0.2, 0.25) is 5.95 Å². The number of anilines is 1. The first-order valence-corrected chi connectivity index (χ1v) is 7.06. The fraction of sp³-hybridized carbons (Fsp3) is 0.143. The lowest BCUT2D eigenvalue weighted by Gasteiger charge is -2.04. The van der Waals surface area contributed by atoms with E-state index < -0.39 is 0 Å². The van der Waals surface area contributed by atoms with Crippen LogP contribution in [0.4, 0.5) is 5.95 Å². The Balaban J connectivity index is 1.65. The van der Waals surface area contributed by atoms with Crippen molar-refractivity contribution in [2.45, 2.75) is 13.5 Å². The summed E-state index contributed by atoms with van der Waals surface area (Å²) in [5.41, 5.74) is 2.80. The van der Waals surface area contributed by atoms with E-state index in [0.29, 0.717) is 12.5 Å². The molecular formula is C14H13N5S. The highest BCUT2D eigenvalue weighted by atomic mass is 32.1. The van der Waals surface area contributed by atoms with Gasteiger partial charge in [-0.2, -0.15) is 0 Å². The molecule has 100 valence electrons. The molecule has 1 N–H and O–H groups in total. The fourth-order valence-electron chi connectivity index (χ4n) is 1.67. The van der Waals surface area contributed by atoms with E-state index in [1.165, 1.54) is 4.88 Å². The Hall–Kier alpha value is -2.34. The minimum atomic E-state index is 0.561. The molecule has 20 heavy (non-hydrogen) atoms. The lowest BCUT2D eigenvalue weighted by Crippen LogP contribution is -2.05. The summed E-state index contributed by atoms with van der Waals surface area (Å²) in [5.74, 6) is 0.590. The number of thiophene rings is 1. The highest BCUT2D eigenvalue weighted by Gasteiger charge is 2.02. The minimum absolute atomic E-state index is 0.561. The van der Waals surface area contributed by atoms with Gasteiger partial charge in [0.25, 0.3) is 0 Å². The number of nitrogens with one attached hydrogen (secondary N) is 1. The molecule has 0 atom stereocenters. The summed E-state index contributed by atoms with van der Waals surface area (Å²) in [6.07, 6.45) is 7.14. The van der Waals surface area contributed by atoms with Crippen LogP contribution in [0.2, 0.25) is 0 Å². The monoisotopic (exact) mass is 283 g/mol. The Bertz CT molecular complexity index is 662. The normalized spacial score (nSPS) is 10.4. The number of aromatic nitrogens is 4. The topological polar surface area (TPSA) is 63.6 Å². The van der Waals surface area contributed by atoms with Crippen LogP contribution in [0.1, 0.15) is 11.4 Å². The maximum Gasteiger partial charge on any atom is 0.222 e. The molecule has 0 unspecified atom stereocenters. The van der Waals surface area contributed by atoms with Gasteiger partial charge in [-0.1, -0.05) is 6.07 Å². The maximum atomic E-state index is 4.30. The van der Waals surface area contributed by atoms with E-state index in [9.17, 15) is 0 Å². The van der Waals surface area contributed by atoms with E-state index in [1.54, 1.807) is 23.7 Å². The first kappa shape index (κ1) is 12.7. The number of aryl methyl sites for hydroxylation is 1. The molecule has 3 rings (SSSR count). The van der Waals surface area contributed by atoms with Gasteiger partial charge >= 0.3 is 0 Å². The summed E-state index contributed by atoms with van der Waals surface area (Å²) < 4.78 is 0. The lowest BCUT2D eigenvalue weighted by atomic mass is 10.3. The average molecular weight is 283 g/mol. The largest absolute Gasteiger partial charge is 0.349 e. The SMILES string of the molecule is Cc1cnc(CNc2ncc(-c3cccs3)cn2)cn1. The molecule has 0 saturated heterocycles. The molecule has 3 heterocycles. The van der Waals surface area contributed by atoms with Gasteiger partial charge in [0.15, 0.2) is 0 Å². The summed E-state index contributed by atoms with van der Waals surface area (Å²) in [7, 11) is 0. The second-order valence-corrected chi connectivity index (χ2v) is 5.22. The summed E-state index contributed by atoms with van der Waals surface area (Å²) in [6.45, 7) is 2.47. The Morgan fingerprint density at radius 1 is 1.05 bits per heavy atom. The van der Waals surface area contributed by atoms with Crippen LogP contribution in [0.15, 0.2) is 42.3 Å². The second-order valence-electron chi connectivity index (χ2n) is 4.28. The van der Waals surface area contributed by atoms with E-state index in [0.717, 1.165) is 17.0 Å². The summed E-state index contributed by atoms with van der Waals surface area (Å²) in [6, 6.07) is 4.07. The molecule has 0 radical (unpaired) electrons. The van der Waals surface area contributed by atoms with Crippen LogP contribution in [-0.2, 0) is 6.54 Å². The van der Waals surface area contributed by atoms with Crippen LogP contribution in [0.3, 0.4) is 0 Å². The molecule has 0 bridgehead atoms. The van der Waals surface area contributed by atoms with E-state index in [2.05, 4.69) is 31.3 Å². The van der Waals surface area contributed by atoms with Crippen LogP contribution < -0.4 is 5.32 Å². The smallest absolute Gasteiger partial charge is 0.222 e. The average Bonchev–Trinajstić information content (AvgIpc) is 3.01. The zero-order valence-electron chi connectivity index (χ0n) is 10.9. The third-order valence-electron chi connectivity index (χ3n) is 2.72. The first-order chi connectivity index (χ1) is 9.81. The minimum Gasteiger partial charge on any atom is -0.349 e. The quantitative estimate of drug-likeness (QED) is 0.797. The summed E-state index contributed by atoms with van der Waals surface area (Å²) in [5, 5.41) is 5.17. The molecule has 0 aliphatic heterocycles. The zero-order chi connectivity index (χ0) is 13.8. The number of hydrogen-bond donors (Lipinski definition) is 1. The molecule has 0 aliphatic rings. The summed E-state index contributed by atoms with van der Waals surface area (Å²) in [4.78, 5) is 18.2. The van der Waals surface area contributed by atoms with Crippen LogP contribution >= 0.6 is 11.3 Å². The van der Waals surface area contributed by atoms with Crippen molar-refractivity contribution < 1.29 is 0 Å². The van der Waals surface area contributed by atoms with Gasteiger partial charge in [-0.3, -0.25) is 9.97 Å². The molecule has 3 aromatic rings. The van der Waals surface area contributed by atoms with Crippen LogP contribution in [-0.4, -0.2) is 19.9 Å². The lowest BCUT2D eigenvalue weighted by molar-refractivity contribution is 0.963. The van der Waals surface area contributed by atoms with Crippen molar-refractivity contribution >= 4 is 17.3 Å². The van der Waals surface area contributed by atoms with E-state index in [-0.39, 0.29) is 0 Å². The molecule has 0 aliphatic carbocycles. The third kappa shape index (κ3) is 2.97. The van der Waals surface area contributed by atoms with Gasteiger partial charge in [-0.25, -0.2) is 9.97 Å². The van der Waals surface area contributed by atoms with Crippen molar-refractivity contribution in [2.24, 2.45) is 0 Å². The highest BCUT2D eigenvalue weighted by molar-refractivity contribution is 7.13. The summed E-state index contributed by atoms with van der Waals surface area (Å²) >= 11 is 1.67. The van der Waals surface area contributed by atoms with E-state index in [1.807, 2.05) is 30.8 Å². The van der Waals surface area contributed by atoms with Crippen molar-refractivity contribution in [2.75, 3.05) is 5.32 Å². The van der Waals surface area contributed by atoms with Gasteiger partial charge in [-0.05, 0) is 18.4 Å². The highest BCUT2D eigenvalue weighted by Crippen LogP contribution is 2.23. The van der Waals surface area contributed by atoms with Gasteiger partial charge in [0.05, 0.1) is 24.1 Å². The number of hydrogen-bond acceptors (Lipinski definition) is 6. The molecule has 0 amide bonds. The zero-order valence-corrected chi connectivity index (χ0v) is 11.8. The van der Waals surface area contributed by atoms with Crippen LogP contribution in [0.5, 0.6) is 0 Å². The molecule has 0 saturated carbocycles.